The van der Waals surface area contributed by atoms with Crippen molar-refractivity contribution in [3.05, 3.63) is 86.5 Å². The Bertz CT molecular complexity index is 1440. The minimum Gasteiger partial charge on any atom is -0.504 e. The summed E-state index contributed by atoms with van der Waals surface area (Å²) in [4.78, 5) is 25.1. The van der Waals surface area contributed by atoms with Crippen molar-refractivity contribution >= 4 is 32.7 Å². The van der Waals surface area contributed by atoms with Gasteiger partial charge < -0.3 is 29.3 Å². The molecule has 0 fully saturated rings. The average molecular weight is 541 g/mol. The van der Waals surface area contributed by atoms with Crippen LogP contribution in [0.15, 0.2) is 68.4 Å². The van der Waals surface area contributed by atoms with Crippen LogP contribution >= 0.6 is 15.9 Å². The lowest BCUT2D eigenvalue weighted by atomic mass is 9.91. The smallest absolute Gasteiger partial charge is 0.227 e. The second-order valence-electron chi connectivity index (χ2n) is 8.18. The molecular formula is C26H25BrN2O6. The molecule has 3 N–H and O–H groups in total. The average Bonchev–Trinajstić information content (AvgIpc) is 3.22. The van der Waals surface area contributed by atoms with Gasteiger partial charge in [0, 0.05) is 47.1 Å². The van der Waals surface area contributed by atoms with Crippen LogP contribution in [0.5, 0.6) is 17.2 Å². The van der Waals surface area contributed by atoms with Crippen LogP contribution < -0.4 is 15.5 Å². The van der Waals surface area contributed by atoms with Crippen molar-refractivity contribution in [2.24, 2.45) is 0 Å². The van der Waals surface area contributed by atoms with Crippen LogP contribution in [0.3, 0.4) is 0 Å². The molecule has 182 valence electrons. The molecule has 1 amide bonds. The summed E-state index contributed by atoms with van der Waals surface area (Å²) < 4.78 is 13.9. The van der Waals surface area contributed by atoms with Gasteiger partial charge in [-0.2, -0.15) is 0 Å². The van der Waals surface area contributed by atoms with E-state index in [0.29, 0.717) is 24.4 Å². The maximum absolute atomic E-state index is 12.9. The molecule has 0 aliphatic rings. The standard InChI is InChI=1S/C26H25BrN2O6/c1-15-11-22(31)25(33)26(35-15)19(16-3-6-21(30)23(13-16)34-2)14-24(32)28-8-10-29-9-7-17-12-18(27)4-5-20(17)29/h3-7,9,11-13,19,30,33H,8,10,14H2,1-2H3,(H,28,32)/t19-/m1/s1. The van der Waals surface area contributed by atoms with E-state index in [1.165, 1.54) is 19.2 Å². The molecule has 9 heteroatoms. The zero-order valence-corrected chi connectivity index (χ0v) is 20.8. The highest BCUT2D eigenvalue weighted by Crippen LogP contribution is 2.37. The van der Waals surface area contributed by atoms with Gasteiger partial charge in [0.25, 0.3) is 0 Å². The van der Waals surface area contributed by atoms with Crippen LogP contribution in [0.25, 0.3) is 10.9 Å². The van der Waals surface area contributed by atoms with Crippen LogP contribution in [0, 0.1) is 6.92 Å². The molecule has 4 rings (SSSR count). The number of carbonyl (C=O) groups is 1. The minimum atomic E-state index is -0.776. The number of aryl methyl sites for hydroxylation is 1. The molecule has 0 saturated heterocycles. The van der Waals surface area contributed by atoms with Crippen molar-refractivity contribution in [1.29, 1.82) is 0 Å². The molecule has 0 bridgehead atoms. The van der Waals surface area contributed by atoms with Gasteiger partial charge in [-0.1, -0.05) is 22.0 Å². The maximum atomic E-state index is 12.9. The van der Waals surface area contributed by atoms with Crippen molar-refractivity contribution < 1.29 is 24.2 Å². The van der Waals surface area contributed by atoms with Crippen LogP contribution in [0.1, 0.15) is 29.4 Å². The molecule has 2 heterocycles. The van der Waals surface area contributed by atoms with E-state index in [0.717, 1.165) is 15.4 Å². The monoisotopic (exact) mass is 540 g/mol. The quantitative estimate of drug-likeness (QED) is 0.304. The Morgan fingerprint density at radius 2 is 1.97 bits per heavy atom. The number of hydrogen-bond donors (Lipinski definition) is 3. The summed E-state index contributed by atoms with van der Waals surface area (Å²) in [5, 5.41) is 24.4. The van der Waals surface area contributed by atoms with Gasteiger partial charge in [-0.3, -0.25) is 9.59 Å². The highest BCUT2D eigenvalue weighted by atomic mass is 79.9. The highest BCUT2D eigenvalue weighted by molar-refractivity contribution is 9.10. The number of benzene rings is 2. The Hall–Kier alpha value is -3.72. The number of amides is 1. The minimum absolute atomic E-state index is 0.0140. The molecule has 0 unspecified atom stereocenters. The maximum Gasteiger partial charge on any atom is 0.227 e. The van der Waals surface area contributed by atoms with Crippen LogP contribution in [0.2, 0.25) is 0 Å². The summed E-state index contributed by atoms with van der Waals surface area (Å²) >= 11 is 3.47. The van der Waals surface area contributed by atoms with E-state index >= 15 is 0 Å². The molecule has 0 aliphatic heterocycles. The highest BCUT2D eigenvalue weighted by Gasteiger charge is 2.26. The number of nitrogens with one attached hydrogen (secondary N) is 1. The molecule has 35 heavy (non-hydrogen) atoms. The first-order valence-electron chi connectivity index (χ1n) is 11.0. The number of carbonyl (C=O) groups excluding carboxylic acids is 1. The van der Waals surface area contributed by atoms with Crippen molar-refractivity contribution in [3.8, 4) is 17.2 Å². The molecule has 8 nitrogen and oxygen atoms in total. The van der Waals surface area contributed by atoms with E-state index in [1.807, 2.05) is 30.5 Å². The van der Waals surface area contributed by atoms with Gasteiger partial charge in [-0.05, 0) is 48.9 Å². The topological polar surface area (TPSA) is 114 Å². The van der Waals surface area contributed by atoms with Gasteiger partial charge >= 0.3 is 0 Å². The fourth-order valence-electron chi connectivity index (χ4n) is 4.07. The number of aromatic hydroxyl groups is 2. The first kappa shape index (κ1) is 24.4. The van der Waals surface area contributed by atoms with E-state index in [4.69, 9.17) is 9.15 Å². The molecule has 0 aliphatic carbocycles. The van der Waals surface area contributed by atoms with Crippen molar-refractivity contribution in [2.75, 3.05) is 13.7 Å². The van der Waals surface area contributed by atoms with E-state index < -0.39 is 17.1 Å². The summed E-state index contributed by atoms with van der Waals surface area (Å²) in [5.74, 6) is -1.18. The Morgan fingerprint density at radius 3 is 2.74 bits per heavy atom. The summed E-state index contributed by atoms with van der Waals surface area (Å²) in [6.45, 7) is 2.55. The molecule has 2 aromatic heterocycles. The Labute approximate surface area is 209 Å². The summed E-state index contributed by atoms with van der Waals surface area (Å²) in [6.07, 6.45) is 1.88. The number of nitrogens with zero attached hydrogens (tertiary/aromatic N) is 1. The van der Waals surface area contributed by atoms with Crippen molar-refractivity contribution in [2.45, 2.75) is 25.8 Å². The Morgan fingerprint density at radius 1 is 1.17 bits per heavy atom. The molecule has 0 radical (unpaired) electrons. The number of hydrogen-bond acceptors (Lipinski definition) is 6. The number of halogens is 1. The molecule has 0 spiro atoms. The van der Waals surface area contributed by atoms with Crippen molar-refractivity contribution in [3.63, 3.8) is 0 Å². The first-order chi connectivity index (χ1) is 16.8. The molecule has 4 aromatic rings. The van der Waals surface area contributed by atoms with E-state index in [9.17, 15) is 19.8 Å². The number of rotatable bonds is 8. The van der Waals surface area contributed by atoms with Crippen LogP contribution in [0.4, 0.5) is 0 Å². The second kappa shape index (κ2) is 10.3. The zero-order valence-electron chi connectivity index (χ0n) is 19.2. The lowest BCUT2D eigenvalue weighted by Gasteiger charge is -2.19. The number of phenolic OH excluding ortho intramolecular Hbond substituents is 1. The Balaban J connectivity index is 1.55. The number of fused-ring (bicyclic) bond motifs is 1. The predicted molar refractivity (Wildman–Crippen MR) is 135 cm³/mol. The van der Waals surface area contributed by atoms with Crippen LogP contribution in [-0.4, -0.2) is 34.3 Å². The molecule has 1 atom stereocenters. The fraction of sp³-hybridized carbons (Fsp3) is 0.231. The molecule has 2 aromatic carbocycles. The molecular weight excluding hydrogens is 516 g/mol. The lowest BCUT2D eigenvalue weighted by molar-refractivity contribution is -0.121. The third-order valence-corrected chi connectivity index (χ3v) is 6.29. The van der Waals surface area contributed by atoms with Crippen molar-refractivity contribution in [1.82, 2.24) is 9.88 Å². The number of ether oxygens (including phenoxy) is 1. The second-order valence-corrected chi connectivity index (χ2v) is 9.10. The number of methoxy groups -OCH3 is 1. The third-order valence-electron chi connectivity index (χ3n) is 5.79. The number of phenols is 1. The van der Waals surface area contributed by atoms with Gasteiger partial charge in [0.2, 0.25) is 17.1 Å². The van der Waals surface area contributed by atoms with Gasteiger partial charge in [-0.25, -0.2) is 0 Å². The van der Waals surface area contributed by atoms with Gasteiger partial charge in [0.05, 0.1) is 13.0 Å². The summed E-state index contributed by atoms with van der Waals surface area (Å²) in [6, 6.07) is 13.8. The lowest BCUT2D eigenvalue weighted by Crippen LogP contribution is -2.28. The van der Waals surface area contributed by atoms with Gasteiger partial charge in [0.1, 0.15) is 5.76 Å². The van der Waals surface area contributed by atoms with Gasteiger partial charge in [0.15, 0.2) is 17.3 Å². The van der Waals surface area contributed by atoms with E-state index in [-0.39, 0.29) is 29.6 Å². The predicted octanol–water partition coefficient (Wildman–Crippen LogP) is 4.42. The first-order valence-corrected chi connectivity index (χ1v) is 11.8. The van der Waals surface area contributed by atoms with E-state index in [1.54, 1.807) is 19.1 Å². The molecule has 0 saturated carbocycles. The Kier molecular flexibility index (Phi) is 7.16. The third kappa shape index (κ3) is 5.35. The normalized spacial score (nSPS) is 12.0. The van der Waals surface area contributed by atoms with Gasteiger partial charge in [-0.15, -0.1) is 0 Å². The number of aromatic nitrogens is 1. The summed E-state index contributed by atoms with van der Waals surface area (Å²) in [7, 11) is 1.41. The van der Waals surface area contributed by atoms with Crippen LogP contribution in [-0.2, 0) is 11.3 Å². The SMILES string of the molecule is COc1cc([C@@H](CC(=O)NCCn2ccc3cc(Br)ccc32)c2oc(C)cc(=O)c2O)ccc1O. The van der Waals surface area contributed by atoms with E-state index in [2.05, 4.69) is 25.8 Å². The zero-order chi connectivity index (χ0) is 25.1. The fourth-order valence-corrected chi connectivity index (χ4v) is 4.45. The summed E-state index contributed by atoms with van der Waals surface area (Å²) in [5.41, 5.74) is 1.01. The largest absolute Gasteiger partial charge is 0.504 e.